The third kappa shape index (κ3) is 2.46. The van der Waals surface area contributed by atoms with Crippen LogP contribution in [0.25, 0.3) is 0 Å². The zero-order valence-electron chi connectivity index (χ0n) is 10.9. The Balaban J connectivity index is 1.94. The van der Waals surface area contributed by atoms with Crippen LogP contribution in [0.3, 0.4) is 0 Å². The molecule has 0 heterocycles. The number of halogens is 2. The molecule has 0 radical (unpaired) electrons. The maximum atomic E-state index is 13.7. The van der Waals surface area contributed by atoms with E-state index < -0.39 is 0 Å². The van der Waals surface area contributed by atoms with E-state index in [1.165, 1.54) is 18.9 Å². The van der Waals surface area contributed by atoms with Crippen molar-refractivity contribution in [2.75, 3.05) is 13.2 Å². The molecule has 0 atom stereocenters. The summed E-state index contributed by atoms with van der Waals surface area (Å²) >= 11 is 6.18. The number of benzene rings is 1. The lowest BCUT2D eigenvalue weighted by Gasteiger charge is -2.42. The Morgan fingerprint density at radius 1 is 1.37 bits per heavy atom. The number of hydrogen-bond donors (Lipinski definition) is 1. The van der Waals surface area contributed by atoms with E-state index in [4.69, 9.17) is 22.1 Å². The van der Waals surface area contributed by atoms with Gasteiger partial charge in [-0.2, -0.15) is 0 Å². The highest BCUT2D eigenvalue weighted by atomic mass is 35.5. The second kappa shape index (κ2) is 4.95. The highest BCUT2D eigenvalue weighted by Gasteiger charge is 2.40. The molecular weight excluding hydrogens is 265 g/mol. The van der Waals surface area contributed by atoms with Crippen LogP contribution in [-0.2, 0) is 5.41 Å². The van der Waals surface area contributed by atoms with E-state index >= 15 is 0 Å². The first-order valence-electron chi connectivity index (χ1n) is 6.97. The lowest BCUT2D eigenvalue weighted by atomic mass is 9.64. The molecule has 2 aliphatic rings. The summed E-state index contributed by atoms with van der Waals surface area (Å²) in [6.07, 6.45) is 5.55. The van der Waals surface area contributed by atoms with Crippen LogP contribution in [0.5, 0.6) is 5.75 Å². The van der Waals surface area contributed by atoms with Crippen molar-refractivity contribution in [1.82, 2.24) is 0 Å². The summed E-state index contributed by atoms with van der Waals surface area (Å²) in [5.74, 6) is 0.989. The third-order valence-corrected chi connectivity index (χ3v) is 4.72. The number of hydrogen-bond acceptors (Lipinski definition) is 2. The molecule has 1 aromatic carbocycles. The largest absolute Gasteiger partial charge is 0.491 e. The Kier molecular flexibility index (Phi) is 3.44. The summed E-state index contributed by atoms with van der Waals surface area (Å²) in [6, 6.07) is 2.89. The Bertz CT molecular complexity index is 478. The second-order valence-corrected chi connectivity index (χ2v) is 6.26. The van der Waals surface area contributed by atoms with Crippen LogP contribution in [0.2, 0.25) is 5.02 Å². The highest BCUT2D eigenvalue weighted by molar-refractivity contribution is 6.32. The zero-order valence-corrected chi connectivity index (χ0v) is 11.7. The summed E-state index contributed by atoms with van der Waals surface area (Å²) in [4.78, 5) is 0. The number of rotatable bonds is 5. The van der Waals surface area contributed by atoms with E-state index in [-0.39, 0.29) is 11.2 Å². The Morgan fingerprint density at radius 2 is 2.11 bits per heavy atom. The second-order valence-electron chi connectivity index (χ2n) is 5.86. The van der Waals surface area contributed by atoms with E-state index in [2.05, 4.69) is 0 Å². The number of nitrogens with two attached hydrogens (primary N) is 1. The molecule has 2 saturated carbocycles. The van der Waals surface area contributed by atoms with E-state index in [1.54, 1.807) is 6.07 Å². The molecule has 0 unspecified atom stereocenters. The molecule has 0 spiro atoms. The van der Waals surface area contributed by atoms with Gasteiger partial charge in [-0.1, -0.05) is 18.0 Å². The Morgan fingerprint density at radius 3 is 2.63 bits per heavy atom. The van der Waals surface area contributed by atoms with Crippen LogP contribution in [0.4, 0.5) is 4.39 Å². The smallest absolute Gasteiger partial charge is 0.141 e. The van der Waals surface area contributed by atoms with Gasteiger partial charge in [-0.05, 0) is 43.7 Å². The molecule has 0 amide bonds. The van der Waals surface area contributed by atoms with Gasteiger partial charge in [0.15, 0.2) is 0 Å². The molecule has 19 heavy (non-hydrogen) atoms. The normalized spacial score (nSPS) is 21.0. The molecular formula is C15H19ClFNO. The van der Waals surface area contributed by atoms with Gasteiger partial charge in [-0.3, -0.25) is 0 Å². The average Bonchev–Trinajstić information content (AvgIpc) is 3.11. The topological polar surface area (TPSA) is 35.2 Å². The molecule has 0 aromatic heterocycles. The fraction of sp³-hybridized carbons (Fsp3) is 0.600. The van der Waals surface area contributed by atoms with Gasteiger partial charge < -0.3 is 10.5 Å². The van der Waals surface area contributed by atoms with E-state index in [0.29, 0.717) is 29.8 Å². The van der Waals surface area contributed by atoms with Crippen LogP contribution in [0.15, 0.2) is 12.1 Å². The molecule has 0 bridgehead atoms. The summed E-state index contributed by atoms with van der Waals surface area (Å²) in [5.41, 5.74) is 6.65. The monoisotopic (exact) mass is 283 g/mol. The van der Waals surface area contributed by atoms with Crippen molar-refractivity contribution in [3.05, 3.63) is 28.5 Å². The van der Waals surface area contributed by atoms with Gasteiger partial charge >= 0.3 is 0 Å². The van der Waals surface area contributed by atoms with Crippen molar-refractivity contribution in [2.45, 2.75) is 37.5 Å². The van der Waals surface area contributed by atoms with Gasteiger partial charge in [0, 0.05) is 17.5 Å². The number of ether oxygens (including phenoxy) is 1. The van der Waals surface area contributed by atoms with Crippen LogP contribution in [-0.4, -0.2) is 13.2 Å². The minimum atomic E-state index is -0.307. The standard InChI is InChI=1S/C15H19ClFNO/c16-13-7-11(17)6-12(15(9-18)4-1-5-15)14(13)19-8-10-2-3-10/h6-7,10H,1-5,8-9,18H2. The molecule has 3 rings (SSSR count). The SMILES string of the molecule is NCC1(c2cc(F)cc(Cl)c2OCC2CC2)CCC1. The van der Waals surface area contributed by atoms with Crippen molar-refractivity contribution in [1.29, 1.82) is 0 Å². The minimum absolute atomic E-state index is 0.134. The van der Waals surface area contributed by atoms with Gasteiger partial charge in [-0.15, -0.1) is 0 Å². The molecule has 0 aliphatic heterocycles. The fourth-order valence-corrected chi connectivity index (χ4v) is 3.03. The maximum Gasteiger partial charge on any atom is 0.141 e. The molecule has 0 saturated heterocycles. The molecule has 2 fully saturated rings. The minimum Gasteiger partial charge on any atom is -0.491 e. The van der Waals surface area contributed by atoms with Crippen molar-refractivity contribution < 1.29 is 9.13 Å². The first-order valence-corrected chi connectivity index (χ1v) is 7.35. The molecule has 2 N–H and O–H groups in total. The van der Waals surface area contributed by atoms with Crippen molar-refractivity contribution in [3.8, 4) is 5.75 Å². The van der Waals surface area contributed by atoms with E-state index in [1.807, 2.05) is 0 Å². The van der Waals surface area contributed by atoms with Crippen LogP contribution in [0, 0.1) is 11.7 Å². The lowest BCUT2D eigenvalue weighted by Crippen LogP contribution is -2.42. The third-order valence-electron chi connectivity index (χ3n) is 4.44. The molecule has 104 valence electrons. The quantitative estimate of drug-likeness (QED) is 0.895. The van der Waals surface area contributed by atoms with Crippen molar-refractivity contribution in [3.63, 3.8) is 0 Å². The summed E-state index contributed by atoms with van der Waals surface area (Å²) in [7, 11) is 0. The van der Waals surface area contributed by atoms with Gasteiger partial charge in [-0.25, -0.2) is 4.39 Å². The van der Waals surface area contributed by atoms with E-state index in [9.17, 15) is 4.39 Å². The van der Waals surface area contributed by atoms with Gasteiger partial charge in [0.1, 0.15) is 11.6 Å². The fourth-order valence-electron chi connectivity index (χ4n) is 2.77. The van der Waals surface area contributed by atoms with Crippen LogP contribution < -0.4 is 10.5 Å². The van der Waals surface area contributed by atoms with Crippen molar-refractivity contribution >= 4 is 11.6 Å². The molecule has 2 nitrogen and oxygen atoms in total. The van der Waals surface area contributed by atoms with Crippen molar-refractivity contribution in [2.24, 2.45) is 11.7 Å². The van der Waals surface area contributed by atoms with Gasteiger partial charge in [0.2, 0.25) is 0 Å². The maximum absolute atomic E-state index is 13.7. The predicted octanol–water partition coefficient (Wildman–Crippen LogP) is 3.65. The summed E-state index contributed by atoms with van der Waals surface area (Å²) in [6.45, 7) is 1.20. The lowest BCUT2D eigenvalue weighted by molar-refractivity contribution is 0.231. The van der Waals surface area contributed by atoms with Gasteiger partial charge in [0.05, 0.1) is 11.6 Å². The van der Waals surface area contributed by atoms with E-state index in [0.717, 1.165) is 24.8 Å². The molecule has 1 aromatic rings. The molecule has 2 aliphatic carbocycles. The highest BCUT2D eigenvalue weighted by Crippen LogP contribution is 2.49. The predicted molar refractivity (Wildman–Crippen MR) is 74.2 cm³/mol. The van der Waals surface area contributed by atoms with Crippen LogP contribution in [0.1, 0.15) is 37.7 Å². The Hall–Kier alpha value is -0.800. The zero-order chi connectivity index (χ0) is 13.5. The molecule has 4 heteroatoms. The average molecular weight is 284 g/mol. The Labute approximate surface area is 118 Å². The first-order chi connectivity index (χ1) is 9.14. The van der Waals surface area contributed by atoms with Gasteiger partial charge in [0.25, 0.3) is 0 Å². The summed E-state index contributed by atoms with van der Waals surface area (Å²) < 4.78 is 19.5. The summed E-state index contributed by atoms with van der Waals surface area (Å²) in [5, 5.41) is 0.371. The van der Waals surface area contributed by atoms with Crippen LogP contribution >= 0.6 is 11.6 Å². The first kappa shape index (κ1) is 13.2.